The third-order valence-corrected chi connectivity index (χ3v) is 8.58. The molecule has 3 saturated heterocycles. The highest BCUT2D eigenvalue weighted by Gasteiger charge is 2.64. The van der Waals surface area contributed by atoms with E-state index in [1.54, 1.807) is 40.0 Å². The molecule has 0 saturated carbocycles. The van der Waals surface area contributed by atoms with E-state index in [4.69, 9.17) is 4.74 Å². The van der Waals surface area contributed by atoms with E-state index in [0.29, 0.717) is 5.71 Å². The van der Waals surface area contributed by atoms with Crippen molar-refractivity contribution in [3.8, 4) is 5.75 Å². The number of carbonyl (C=O) groups excluding carboxylic acids is 3. The van der Waals surface area contributed by atoms with E-state index < -0.39 is 45.2 Å². The minimum Gasteiger partial charge on any atom is -0.497 e. The van der Waals surface area contributed by atoms with Crippen LogP contribution in [-0.4, -0.2) is 79.1 Å². The van der Waals surface area contributed by atoms with Crippen molar-refractivity contribution in [2.45, 2.75) is 54.6 Å². The molecule has 3 N–H and O–H groups in total. The summed E-state index contributed by atoms with van der Waals surface area (Å²) in [6.07, 6.45) is -0.149. The Morgan fingerprint density at radius 3 is 2.57 bits per heavy atom. The van der Waals surface area contributed by atoms with Crippen LogP contribution in [0.3, 0.4) is 0 Å². The second-order valence-electron chi connectivity index (χ2n) is 8.76. The molecule has 11 nitrogen and oxygen atoms in total. The number of nitrogens with one attached hydrogen (secondary N) is 2. The van der Waals surface area contributed by atoms with Gasteiger partial charge in [-0.1, -0.05) is 11.8 Å². The number of carboxylic acids is 1. The number of thioether (sulfide) groups is 2. The topological polar surface area (TPSA) is 150 Å². The molecular weight excluding hydrogens is 494 g/mol. The molecule has 4 rings (SSSR count). The summed E-state index contributed by atoms with van der Waals surface area (Å²) in [4.78, 5) is 50.4. The van der Waals surface area contributed by atoms with Gasteiger partial charge in [-0.15, -0.1) is 16.9 Å². The van der Waals surface area contributed by atoms with Gasteiger partial charge in [0, 0.05) is 11.2 Å². The quantitative estimate of drug-likeness (QED) is 0.275. The molecule has 13 heteroatoms. The Kier molecular flexibility index (Phi) is 6.82. The van der Waals surface area contributed by atoms with Gasteiger partial charge in [0.05, 0.1) is 12.8 Å². The van der Waals surface area contributed by atoms with Crippen molar-refractivity contribution < 1.29 is 29.0 Å². The first-order valence-corrected chi connectivity index (χ1v) is 12.5. The number of hydrogen-bond acceptors (Lipinski definition) is 9. The number of aliphatic carboxylic acids is 1. The number of methoxy groups -OCH3 is 1. The molecule has 4 unspecified atom stereocenters. The SMILES string of the molecule is COc1ccc(C(C)=NN=C2NC(=O)C(CC(=O)NC3C(=O)N4C3SC(C)(C)C4C(=O)O)S2)cc1. The normalized spacial score (nSPS) is 28.4. The average Bonchev–Trinajstić information content (AvgIpc) is 3.29. The predicted octanol–water partition coefficient (Wildman–Crippen LogP) is 1.03. The maximum atomic E-state index is 12.6. The van der Waals surface area contributed by atoms with Crippen LogP contribution in [0.1, 0.15) is 32.8 Å². The Hall–Kier alpha value is -3.06. The van der Waals surface area contributed by atoms with Gasteiger partial charge in [-0.25, -0.2) is 4.79 Å². The van der Waals surface area contributed by atoms with Crippen LogP contribution in [0.4, 0.5) is 0 Å². The predicted molar refractivity (Wildman–Crippen MR) is 132 cm³/mol. The summed E-state index contributed by atoms with van der Waals surface area (Å²) in [5.74, 6) is -1.61. The lowest BCUT2D eigenvalue weighted by Gasteiger charge is -2.43. The van der Waals surface area contributed by atoms with Crippen LogP contribution < -0.4 is 15.4 Å². The molecule has 3 heterocycles. The summed E-state index contributed by atoms with van der Waals surface area (Å²) in [6, 6.07) is 5.54. The zero-order valence-corrected chi connectivity index (χ0v) is 21.1. The highest BCUT2D eigenvalue weighted by atomic mass is 32.2. The van der Waals surface area contributed by atoms with Crippen LogP contribution in [0, 0.1) is 0 Å². The van der Waals surface area contributed by atoms with Gasteiger partial charge in [0.15, 0.2) is 5.17 Å². The fourth-order valence-electron chi connectivity index (χ4n) is 4.14. The highest BCUT2D eigenvalue weighted by molar-refractivity contribution is 8.15. The first kappa shape index (κ1) is 25.0. The summed E-state index contributed by atoms with van der Waals surface area (Å²) >= 11 is 2.44. The summed E-state index contributed by atoms with van der Waals surface area (Å²) in [7, 11) is 1.58. The first-order chi connectivity index (χ1) is 16.5. The lowest BCUT2D eigenvalue weighted by Crippen LogP contribution is -2.70. The van der Waals surface area contributed by atoms with Gasteiger partial charge >= 0.3 is 5.97 Å². The number of ether oxygens (including phenoxy) is 1. The van der Waals surface area contributed by atoms with Crippen molar-refractivity contribution in [2.75, 3.05) is 7.11 Å². The average molecular weight is 520 g/mol. The van der Waals surface area contributed by atoms with Crippen molar-refractivity contribution in [3.05, 3.63) is 29.8 Å². The number of amidine groups is 1. The van der Waals surface area contributed by atoms with Crippen LogP contribution in [0.2, 0.25) is 0 Å². The second-order valence-corrected chi connectivity index (χ2v) is 11.7. The Morgan fingerprint density at radius 1 is 1.26 bits per heavy atom. The van der Waals surface area contributed by atoms with Gasteiger partial charge in [0.25, 0.3) is 0 Å². The summed E-state index contributed by atoms with van der Waals surface area (Å²) in [6.45, 7) is 5.31. The van der Waals surface area contributed by atoms with E-state index in [2.05, 4.69) is 20.8 Å². The van der Waals surface area contributed by atoms with E-state index in [9.17, 15) is 24.3 Å². The Morgan fingerprint density at radius 2 is 1.94 bits per heavy atom. The Bertz CT molecular complexity index is 1140. The third kappa shape index (κ3) is 4.87. The zero-order valence-electron chi connectivity index (χ0n) is 19.5. The molecule has 0 radical (unpaired) electrons. The fraction of sp³-hybridized carbons (Fsp3) is 0.455. The Balaban J connectivity index is 1.33. The third-order valence-electron chi connectivity index (χ3n) is 5.94. The van der Waals surface area contributed by atoms with Gasteiger partial charge in [0.1, 0.15) is 28.5 Å². The molecule has 0 bridgehead atoms. The molecule has 1 aromatic rings. The summed E-state index contributed by atoms with van der Waals surface area (Å²) in [5, 5.41) is 22.1. The summed E-state index contributed by atoms with van der Waals surface area (Å²) in [5.41, 5.74) is 1.48. The number of benzene rings is 1. The summed E-state index contributed by atoms with van der Waals surface area (Å²) < 4.78 is 4.46. The number of rotatable bonds is 7. The van der Waals surface area contributed by atoms with Crippen LogP contribution in [0.15, 0.2) is 34.5 Å². The number of carboxylic acid groups (broad SMARTS) is 1. The molecule has 4 atom stereocenters. The zero-order chi connectivity index (χ0) is 25.5. The molecule has 0 aliphatic carbocycles. The number of hydrogen-bond donors (Lipinski definition) is 3. The maximum absolute atomic E-state index is 12.6. The number of fused-ring (bicyclic) bond motifs is 1. The molecule has 3 aliphatic rings. The molecule has 1 aromatic carbocycles. The largest absolute Gasteiger partial charge is 0.497 e. The lowest BCUT2D eigenvalue weighted by molar-refractivity contribution is -0.161. The molecule has 3 fully saturated rings. The number of amides is 3. The van der Waals surface area contributed by atoms with Crippen LogP contribution in [0.5, 0.6) is 5.75 Å². The van der Waals surface area contributed by atoms with Gasteiger partial charge in [-0.3, -0.25) is 14.4 Å². The van der Waals surface area contributed by atoms with Crippen molar-refractivity contribution in [1.82, 2.24) is 15.5 Å². The minimum atomic E-state index is -1.07. The van der Waals surface area contributed by atoms with Crippen LogP contribution >= 0.6 is 23.5 Å². The van der Waals surface area contributed by atoms with Crippen LogP contribution in [0.25, 0.3) is 0 Å². The number of β-lactam (4-membered cyclic amide) rings is 1. The number of carbonyl (C=O) groups is 4. The maximum Gasteiger partial charge on any atom is 0.327 e. The molecule has 186 valence electrons. The molecule has 0 aromatic heterocycles. The second kappa shape index (κ2) is 9.53. The molecule has 0 spiro atoms. The van der Waals surface area contributed by atoms with E-state index >= 15 is 0 Å². The van der Waals surface area contributed by atoms with Crippen molar-refractivity contribution in [1.29, 1.82) is 0 Å². The Labute approximate surface area is 210 Å². The first-order valence-electron chi connectivity index (χ1n) is 10.8. The molecule has 3 aliphatic heterocycles. The van der Waals surface area contributed by atoms with Gasteiger partial charge in [-0.2, -0.15) is 5.10 Å². The van der Waals surface area contributed by atoms with Crippen LogP contribution in [-0.2, 0) is 19.2 Å². The van der Waals surface area contributed by atoms with E-state index in [1.807, 2.05) is 12.1 Å². The van der Waals surface area contributed by atoms with Crippen molar-refractivity contribution >= 4 is 58.1 Å². The van der Waals surface area contributed by atoms with Crippen molar-refractivity contribution in [3.63, 3.8) is 0 Å². The molecule has 35 heavy (non-hydrogen) atoms. The smallest absolute Gasteiger partial charge is 0.327 e. The van der Waals surface area contributed by atoms with E-state index in [1.165, 1.54) is 16.7 Å². The minimum absolute atomic E-state index is 0.149. The van der Waals surface area contributed by atoms with Crippen molar-refractivity contribution in [2.24, 2.45) is 10.2 Å². The van der Waals surface area contributed by atoms with E-state index in [-0.39, 0.29) is 17.5 Å². The van der Waals surface area contributed by atoms with Gasteiger partial charge in [-0.05, 0) is 50.6 Å². The van der Waals surface area contributed by atoms with Gasteiger partial charge < -0.3 is 25.4 Å². The highest BCUT2D eigenvalue weighted by Crippen LogP contribution is 2.50. The standard InChI is InChI=1S/C22H25N5O6S2/c1-10(11-5-7-12(33-4)8-6-11)25-26-21-24-17(29)13(34-21)9-14(28)23-15-18(30)27-16(20(31)32)22(2,3)35-19(15)27/h5-8,13,15-16,19H,9H2,1-4H3,(H,23,28)(H,31,32)(H,24,26,29). The monoisotopic (exact) mass is 519 g/mol. The molecular formula is C22H25N5O6S2. The molecule has 3 amide bonds. The lowest BCUT2D eigenvalue weighted by atomic mass is 9.96. The van der Waals surface area contributed by atoms with Gasteiger partial charge in [0.2, 0.25) is 17.7 Å². The fourth-order valence-corrected chi connectivity index (χ4v) is 6.69. The van der Waals surface area contributed by atoms with E-state index in [0.717, 1.165) is 23.1 Å². The number of nitrogens with zero attached hydrogens (tertiary/aromatic N) is 3.